The van der Waals surface area contributed by atoms with Crippen LogP contribution in [0.15, 0.2) is 78.9 Å². The highest BCUT2D eigenvalue weighted by atomic mass is 16.5. The van der Waals surface area contributed by atoms with Gasteiger partial charge in [0.1, 0.15) is 5.75 Å². The lowest BCUT2D eigenvalue weighted by atomic mass is 10.1. The maximum absolute atomic E-state index is 12.2. The van der Waals surface area contributed by atoms with Gasteiger partial charge in [-0.15, -0.1) is 0 Å². The Hall–Kier alpha value is -3.40. The molecular weight excluding hydrogens is 314 g/mol. The average Bonchev–Trinajstić information content (AvgIpc) is 2.63. The molecule has 0 fully saturated rings. The van der Waals surface area contributed by atoms with E-state index in [0.29, 0.717) is 16.9 Å². The molecule has 0 aliphatic rings. The van der Waals surface area contributed by atoms with Crippen LogP contribution in [0.1, 0.15) is 26.3 Å². The van der Waals surface area contributed by atoms with Gasteiger partial charge in [-0.25, -0.2) is 4.79 Å². The van der Waals surface area contributed by atoms with Gasteiger partial charge in [0.15, 0.2) is 0 Å². The van der Waals surface area contributed by atoms with Crippen LogP contribution in [0.2, 0.25) is 0 Å². The fourth-order valence-corrected chi connectivity index (χ4v) is 2.25. The van der Waals surface area contributed by atoms with Crippen LogP contribution in [-0.4, -0.2) is 11.9 Å². The van der Waals surface area contributed by atoms with Gasteiger partial charge in [0.2, 0.25) is 0 Å². The van der Waals surface area contributed by atoms with E-state index in [4.69, 9.17) is 4.74 Å². The van der Waals surface area contributed by atoms with E-state index in [1.807, 2.05) is 49.4 Å². The van der Waals surface area contributed by atoms with Gasteiger partial charge in [0.25, 0.3) is 5.91 Å². The fraction of sp³-hybridized carbons (Fsp3) is 0.0476. The van der Waals surface area contributed by atoms with E-state index >= 15 is 0 Å². The predicted octanol–water partition coefficient (Wildman–Crippen LogP) is 4.47. The summed E-state index contributed by atoms with van der Waals surface area (Å²) in [6.45, 7) is 1.95. The highest BCUT2D eigenvalue weighted by Gasteiger charge is 2.10. The predicted molar refractivity (Wildman–Crippen MR) is 97.0 cm³/mol. The van der Waals surface area contributed by atoms with Crippen LogP contribution >= 0.6 is 0 Å². The summed E-state index contributed by atoms with van der Waals surface area (Å²) in [6.07, 6.45) is 0. The average molecular weight is 331 g/mol. The Morgan fingerprint density at radius 1 is 0.760 bits per heavy atom. The maximum Gasteiger partial charge on any atom is 0.343 e. The lowest BCUT2D eigenvalue weighted by molar-refractivity contribution is 0.0734. The van der Waals surface area contributed by atoms with Crippen molar-refractivity contribution in [3.8, 4) is 5.75 Å². The highest BCUT2D eigenvalue weighted by Crippen LogP contribution is 2.16. The molecule has 0 radical (unpaired) electrons. The number of nitrogens with one attached hydrogen (secondary N) is 1. The molecule has 4 heteroatoms. The first-order valence-corrected chi connectivity index (χ1v) is 7.87. The molecular formula is C21H17NO3. The molecule has 1 amide bonds. The Bertz CT molecular complexity index is 869. The van der Waals surface area contributed by atoms with Gasteiger partial charge in [-0.3, -0.25) is 4.79 Å². The van der Waals surface area contributed by atoms with Crippen LogP contribution in [0.25, 0.3) is 0 Å². The van der Waals surface area contributed by atoms with Gasteiger partial charge >= 0.3 is 5.97 Å². The van der Waals surface area contributed by atoms with Crippen LogP contribution in [0.4, 0.5) is 5.69 Å². The number of anilines is 1. The monoisotopic (exact) mass is 331 g/mol. The Morgan fingerprint density at radius 3 is 2.00 bits per heavy atom. The number of rotatable bonds is 4. The molecule has 4 nitrogen and oxygen atoms in total. The summed E-state index contributed by atoms with van der Waals surface area (Å²) in [6, 6.07) is 22.8. The summed E-state index contributed by atoms with van der Waals surface area (Å²) >= 11 is 0. The molecule has 0 saturated carbocycles. The minimum atomic E-state index is -0.429. The van der Waals surface area contributed by atoms with Gasteiger partial charge in [0.05, 0.1) is 5.56 Å². The summed E-state index contributed by atoms with van der Waals surface area (Å²) < 4.78 is 5.32. The number of ether oxygens (including phenoxy) is 1. The van der Waals surface area contributed by atoms with Crippen LogP contribution in [0.5, 0.6) is 5.75 Å². The lowest BCUT2D eigenvalue weighted by Crippen LogP contribution is -2.12. The molecule has 0 aromatic heterocycles. The third-order valence-corrected chi connectivity index (χ3v) is 3.65. The summed E-state index contributed by atoms with van der Waals surface area (Å²) in [5, 5.41) is 2.80. The second kappa shape index (κ2) is 7.45. The summed E-state index contributed by atoms with van der Waals surface area (Å²) in [7, 11) is 0. The number of hydrogen-bond acceptors (Lipinski definition) is 3. The van der Waals surface area contributed by atoms with E-state index in [1.54, 1.807) is 36.4 Å². The molecule has 3 aromatic carbocycles. The fourth-order valence-electron chi connectivity index (χ4n) is 2.25. The topological polar surface area (TPSA) is 55.4 Å². The van der Waals surface area contributed by atoms with Crippen LogP contribution < -0.4 is 10.1 Å². The Labute approximate surface area is 146 Å². The van der Waals surface area contributed by atoms with E-state index in [2.05, 4.69) is 5.32 Å². The van der Waals surface area contributed by atoms with Gasteiger partial charge in [0, 0.05) is 11.3 Å². The van der Waals surface area contributed by atoms with E-state index in [1.165, 1.54) is 0 Å². The molecule has 0 aliphatic heterocycles. The van der Waals surface area contributed by atoms with Crippen molar-refractivity contribution in [2.45, 2.75) is 6.92 Å². The number of benzene rings is 3. The van der Waals surface area contributed by atoms with Crippen molar-refractivity contribution in [1.82, 2.24) is 0 Å². The first-order valence-electron chi connectivity index (χ1n) is 7.87. The molecule has 0 spiro atoms. The molecule has 0 aliphatic carbocycles. The molecule has 0 atom stereocenters. The second-order valence-corrected chi connectivity index (χ2v) is 5.60. The Morgan fingerprint density at radius 2 is 1.36 bits per heavy atom. The van der Waals surface area contributed by atoms with Crippen molar-refractivity contribution in [3.63, 3.8) is 0 Å². The maximum atomic E-state index is 12.2. The zero-order valence-corrected chi connectivity index (χ0v) is 13.7. The molecule has 0 heterocycles. The van der Waals surface area contributed by atoms with E-state index in [-0.39, 0.29) is 5.91 Å². The molecule has 3 aromatic rings. The SMILES string of the molecule is Cc1ccc(C(=O)Oc2ccc(C(=O)Nc3ccccc3)cc2)cc1. The van der Waals surface area contributed by atoms with Gasteiger partial charge < -0.3 is 10.1 Å². The first-order chi connectivity index (χ1) is 12.1. The number of carbonyl (C=O) groups is 2. The summed E-state index contributed by atoms with van der Waals surface area (Å²) in [5.74, 6) is -0.258. The van der Waals surface area contributed by atoms with E-state index in [0.717, 1.165) is 11.3 Å². The van der Waals surface area contributed by atoms with E-state index < -0.39 is 5.97 Å². The van der Waals surface area contributed by atoms with Crippen LogP contribution in [0, 0.1) is 6.92 Å². The molecule has 0 saturated heterocycles. The minimum absolute atomic E-state index is 0.220. The largest absolute Gasteiger partial charge is 0.423 e. The summed E-state index contributed by atoms with van der Waals surface area (Å²) in [5.41, 5.74) is 2.77. The zero-order chi connectivity index (χ0) is 17.6. The number of amides is 1. The smallest absolute Gasteiger partial charge is 0.343 e. The molecule has 25 heavy (non-hydrogen) atoms. The van der Waals surface area contributed by atoms with Crippen molar-refractivity contribution in [1.29, 1.82) is 0 Å². The minimum Gasteiger partial charge on any atom is -0.423 e. The molecule has 1 N–H and O–H groups in total. The second-order valence-electron chi connectivity index (χ2n) is 5.60. The Balaban J connectivity index is 1.64. The van der Waals surface area contributed by atoms with Crippen molar-refractivity contribution >= 4 is 17.6 Å². The van der Waals surface area contributed by atoms with Crippen molar-refractivity contribution in [2.24, 2.45) is 0 Å². The standard InChI is InChI=1S/C21H17NO3/c1-15-7-9-17(10-8-15)21(24)25-19-13-11-16(12-14-19)20(23)22-18-5-3-2-4-6-18/h2-14H,1H3,(H,22,23). The van der Waals surface area contributed by atoms with Gasteiger partial charge in [-0.05, 0) is 55.5 Å². The molecule has 0 unspecified atom stereocenters. The molecule has 124 valence electrons. The third-order valence-electron chi connectivity index (χ3n) is 3.65. The lowest BCUT2D eigenvalue weighted by Gasteiger charge is -2.07. The van der Waals surface area contributed by atoms with Crippen LogP contribution in [0.3, 0.4) is 0 Å². The van der Waals surface area contributed by atoms with Gasteiger partial charge in [-0.1, -0.05) is 35.9 Å². The number of aryl methyl sites for hydroxylation is 1. The van der Waals surface area contributed by atoms with Crippen molar-refractivity contribution in [2.75, 3.05) is 5.32 Å². The summed E-state index contributed by atoms with van der Waals surface area (Å²) in [4.78, 5) is 24.3. The van der Waals surface area contributed by atoms with Crippen molar-refractivity contribution in [3.05, 3.63) is 95.6 Å². The van der Waals surface area contributed by atoms with Crippen LogP contribution in [-0.2, 0) is 0 Å². The Kier molecular flexibility index (Phi) is 4.90. The number of para-hydroxylation sites is 1. The first kappa shape index (κ1) is 16.5. The highest BCUT2D eigenvalue weighted by molar-refractivity contribution is 6.04. The normalized spacial score (nSPS) is 10.1. The van der Waals surface area contributed by atoms with Gasteiger partial charge in [-0.2, -0.15) is 0 Å². The number of carbonyl (C=O) groups excluding carboxylic acids is 2. The third kappa shape index (κ3) is 4.32. The quantitative estimate of drug-likeness (QED) is 0.567. The molecule has 3 rings (SSSR count). The molecule has 0 bridgehead atoms. The number of hydrogen-bond donors (Lipinski definition) is 1. The van der Waals surface area contributed by atoms with Crippen molar-refractivity contribution < 1.29 is 14.3 Å². The zero-order valence-electron chi connectivity index (χ0n) is 13.7. The van der Waals surface area contributed by atoms with E-state index in [9.17, 15) is 9.59 Å². The number of esters is 1.